The van der Waals surface area contributed by atoms with Crippen molar-refractivity contribution >= 4 is 43.6 Å². The summed E-state index contributed by atoms with van der Waals surface area (Å²) in [4.78, 5) is 4.57. The van der Waals surface area contributed by atoms with E-state index < -0.39 is 0 Å². The average molecular weight is 813 g/mol. The summed E-state index contributed by atoms with van der Waals surface area (Å²) in [6.07, 6.45) is 3.47. The van der Waals surface area contributed by atoms with Gasteiger partial charge in [-0.2, -0.15) is 36.8 Å². The Labute approximate surface area is 365 Å². The lowest BCUT2D eigenvalue weighted by Crippen LogP contribution is -2.01. The van der Waals surface area contributed by atoms with E-state index in [-0.39, 0.29) is 33.4 Å². The molecule has 0 aliphatic rings. The van der Waals surface area contributed by atoms with Crippen molar-refractivity contribution in [3.63, 3.8) is 0 Å². The molecule has 3 aromatic heterocycles. The highest BCUT2D eigenvalue weighted by molar-refractivity contribution is 6.12. The molecular formula is C54H24N10. The van der Waals surface area contributed by atoms with Crippen LogP contribution in [0.1, 0.15) is 38.9 Å². The molecule has 0 amide bonds. The van der Waals surface area contributed by atoms with Crippen LogP contribution in [0.5, 0.6) is 0 Å². The zero-order valence-corrected chi connectivity index (χ0v) is 33.3. The summed E-state index contributed by atoms with van der Waals surface area (Å²) in [6, 6.07) is 56.4. The second-order valence-corrected chi connectivity index (χ2v) is 15.0. The smallest absolute Gasteiger partial charge is 0.0999 e. The molecule has 0 aliphatic carbocycles. The molecule has 0 N–H and O–H groups in total. The van der Waals surface area contributed by atoms with Crippen LogP contribution in [0.15, 0.2) is 146 Å². The topological polar surface area (TPSA) is 189 Å². The maximum Gasteiger partial charge on any atom is 0.0999 e. The summed E-state index contributed by atoms with van der Waals surface area (Å²) >= 11 is 0. The lowest BCUT2D eigenvalue weighted by Gasteiger charge is -2.16. The van der Waals surface area contributed by atoms with Gasteiger partial charge in [0.2, 0.25) is 0 Å². The second-order valence-electron chi connectivity index (χ2n) is 15.0. The van der Waals surface area contributed by atoms with Gasteiger partial charge in [0.25, 0.3) is 0 Å². The summed E-state index contributed by atoms with van der Waals surface area (Å²) in [5, 5.41) is 73.7. The van der Waals surface area contributed by atoms with E-state index >= 15 is 0 Å². The molecule has 0 bridgehead atoms. The van der Waals surface area contributed by atoms with Crippen molar-refractivity contribution in [2.75, 3.05) is 0 Å². The minimum Gasteiger partial charge on any atom is -0.309 e. The van der Waals surface area contributed by atoms with Gasteiger partial charge in [0.05, 0.1) is 109 Å². The van der Waals surface area contributed by atoms with Gasteiger partial charge in [-0.05, 0) is 96.1 Å². The minimum atomic E-state index is 0.232. The molecule has 0 radical (unpaired) electrons. The van der Waals surface area contributed by atoms with Crippen LogP contribution in [0, 0.1) is 79.3 Å². The highest BCUT2D eigenvalue weighted by Gasteiger charge is 2.22. The van der Waals surface area contributed by atoms with E-state index in [0.29, 0.717) is 38.9 Å². The van der Waals surface area contributed by atoms with Crippen LogP contribution >= 0.6 is 0 Å². The molecule has 0 saturated carbocycles. The number of rotatable bonds is 5. The molecule has 3 heterocycles. The quantitative estimate of drug-likeness (QED) is 0.164. The number of benzene rings is 7. The molecule has 7 aromatic carbocycles. The van der Waals surface area contributed by atoms with Gasteiger partial charge in [-0.3, -0.25) is 4.98 Å². The SMILES string of the molecule is N#Cc1cc(C#N)c(-c2ccc3c(c2)c2ccccc2n3-c2ccc(C#N)c(-c3cnccc3-n3c4ccccc4c4cc(-c5c(C#N)cc(C#N)cc5C#N)ccc43)c2)c(C#N)c1. The van der Waals surface area contributed by atoms with Crippen molar-refractivity contribution in [1.29, 1.82) is 36.8 Å². The summed E-state index contributed by atoms with van der Waals surface area (Å²) in [5.41, 5.74) is 10.5. The van der Waals surface area contributed by atoms with Crippen molar-refractivity contribution in [2.45, 2.75) is 0 Å². The maximum absolute atomic E-state index is 10.6. The Bertz CT molecular complexity index is 3930. The van der Waals surface area contributed by atoms with E-state index in [0.717, 1.165) is 55.0 Å². The Hall–Kier alpha value is -10.3. The molecule has 0 atom stereocenters. The van der Waals surface area contributed by atoms with Gasteiger partial charge in [0, 0.05) is 61.9 Å². The minimum absolute atomic E-state index is 0.232. The molecule has 10 heteroatoms. The Morgan fingerprint density at radius 1 is 0.375 bits per heavy atom. The number of nitrogens with zero attached hydrogens (tertiary/aromatic N) is 10. The van der Waals surface area contributed by atoms with Gasteiger partial charge in [-0.25, -0.2) is 0 Å². The molecule has 290 valence electrons. The van der Waals surface area contributed by atoms with Crippen molar-refractivity contribution in [1.82, 2.24) is 14.1 Å². The summed E-state index contributed by atoms with van der Waals surface area (Å²) in [7, 11) is 0. The maximum atomic E-state index is 10.6. The van der Waals surface area contributed by atoms with E-state index in [4.69, 9.17) is 0 Å². The number of hydrogen-bond donors (Lipinski definition) is 0. The molecule has 0 aliphatic heterocycles. The third-order valence-corrected chi connectivity index (χ3v) is 11.7. The van der Waals surface area contributed by atoms with Gasteiger partial charge in [-0.1, -0.05) is 48.5 Å². The lowest BCUT2D eigenvalue weighted by atomic mass is 9.92. The van der Waals surface area contributed by atoms with Gasteiger partial charge in [-0.15, -0.1) is 0 Å². The van der Waals surface area contributed by atoms with Gasteiger partial charge < -0.3 is 9.13 Å². The van der Waals surface area contributed by atoms with Gasteiger partial charge >= 0.3 is 0 Å². The largest absolute Gasteiger partial charge is 0.309 e. The van der Waals surface area contributed by atoms with E-state index in [1.165, 1.54) is 24.3 Å². The first-order valence-corrected chi connectivity index (χ1v) is 19.8. The first-order chi connectivity index (χ1) is 31.4. The van der Waals surface area contributed by atoms with E-state index in [2.05, 4.69) is 44.5 Å². The molecule has 0 spiro atoms. The normalized spacial score (nSPS) is 10.7. The predicted octanol–water partition coefficient (Wildman–Crippen LogP) is 11.4. The Morgan fingerprint density at radius 3 is 1.34 bits per heavy atom. The van der Waals surface area contributed by atoms with Crippen molar-refractivity contribution in [3.05, 3.63) is 185 Å². The van der Waals surface area contributed by atoms with Crippen LogP contribution in [0.25, 0.3) is 88.4 Å². The highest BCUT2D eigenvalue weighted by Crippen LogP contribution is 2.42. The van der Waals surface area contributed by atoms with Crippen LogP contribution in [0.2, 0.25) is 0 Å². The van der Waals surface area contributed by atoms with Crippen LogP contribution < -0.4 is 0 Å². The predicted molar refractivity (Wildman–Crippen MR) is 242 cm³/mol. The van der Waals surface area contributed by atoms with Crippen molar-refractivity contribution in [2.24, 2.45) is 0 Å². The number of nitriles is 7. The van der Waals surface area contributed by atoms with E-state index in [1.807, 2.05) is 115 Å². The third-order valence-electron chi connectivity index (χ3n) is 11.7. The zero-order chi connectivity index (χ0) is 44.1. The first-order valence-electron chi connectivity index (χ1n) is 19.8. The fraction of sp³-hybridized carbons (Fsp3) is 0. The fourth-order valence-corrected chi connectivity index (χ4v) is 8.96. The van der Waals surface area contributed by atoms with Crippen LogP contribution in [0.4, 0.5) is 0 Å². The second kappa shape index (κ2) is 15.1. The van der Waals surface area contributed by atoms with Crippen LogP contribution in [-0.4, -0.2) is 14.1 Å². The molecular weight excluding hydrogens is 789 g/mol. The number of hydrogen-bond acceptors (Lipinski definition) is 8. The molecule has 10 aromatic rings. The number of para-hydroxylation sites is 2. The fourth-order valence-electron chi connectivity index (χ4n) is 8.96. The van der Waals surface area contributed by atoms with Gasteiger partial charge in [0.1, 0.15) is 0 Å². The molecule has 64 heavy (non-hydrogen) atoms. The third kappa shape index (κ3) is 5.78. The van der Waals surface area contributed by atoms with E-state index in [1.54, 1.807) is 18.5 Å². The Balaban J connectivity index is 1.17. The zero-order valence-electron chi connectivity index (χ0n) is 33.3. The molecule has 10 rings (SSSR count). The molecule has 0 saturated heterocycles. The Kier molecular flexibility index (Phi) is 8.94. The molecule has 0 unspecified atom stereocenters. The molecule has 10 nitrogen and oxygen atoms in total. The number of fused-ring (bicyclic) bond motifs is 6. The Morgan fingerprint density at radius 2 is 0.844 bits per heavy atom. The monoisotopic (exact) mass is 812 g/mol. The van der Waals surface area contributed by atoms with Gasteiger partial charge in [0.15, 0.2) is 0 Å². The van der Waals surface area contributed by atoms with Crippen LogP contribution in [-0.2, 0) is 0 Å². The van der Waals surface area contributed by atoms with Crippen molar-refractivity contribution < 1.29 is 0 Å². The van der Waals surface area contributed by atoms with Crippen molar-refractivity contribution in [3.8, 4) is 87.2 Å². The average Bonchev–Trinajstić information content (AvgIpc) is 3.87. The van der Waals surface area contributed by atoms with E-state index in [9.17, 15) is 36.8 Å². The summed E-state index contributed by atoms with van der Waals surface area (Å²) < 4.78 is 4.26. The number of aromatic nitrogens is 3. The van der Waals surface area contributed by atoms with Crippen LogP contribution in [0.3, 0.4) is 0 Å². The number of pyridine rings is 1. The lowest BCUT2D eigenvalue weighted by molar-refractivity contribution is 1.15. The standard InChI is InChI=1S/C54H24N10/c55-24-32-17-37(27-58)53(38(18-32)28-59)34-10-13-50-45(21-34)42-5-1-3-7-48(42)63(50)41-12-9-36(26-57)44(23-41)47-31-62-16-15-52(47)64-49-8-4-2-6-43(49)46-22-35(11-14-51(46)64)54-39(29-60)19-33(25-56)20-40(54)30-61/h1-23,31H. The highest BCUT2D eigenvalue weighted by atomic mass is 15.0. The molecule has 0 fully saturated rings. The summed E-state index contributed by atoms with van der Waals surface area (Å²) in [5.74, 6) is 0. The summed E-state index contributed by atoms with van der Waals surface area (Å²) in [6.45, 7) is 0. The first kappa shape index (κ1) is 38.0.